The van der Waals surface area contributed by atoms with Gasteiger partial charge < -0.3 is 14.4 Å². The van der Waals surface area contributed by atoms with Gasteiger partial charge in [0.15, 0.2) is 5.78 Å². The molecule has 0 unspecified atom stereocenters. The summed E-state index contributed by atoms with van der Waals surface area (Å²) < 4.78 is 11.7. The minimum absolute atomic E-state index is 0.0223. The van der Waals surface area contributed by atoms with E-state index in [2.05, 4.69) is 0 Å². The van der Waals surface area contributed by atoms with Gasteiger partial charge in [0.05, 0.1) is 5.02 Å². The normalized spacial score (nSPS) is 25.1. The maximum absolute atomic E-state index is 12.5. The zero-order chi connectivity index (χ0) is 19.1. The van der Waals surface area contributed by atoms with E-state index in [0.717, 1.165) is 25.7 Å². The quantitative estimate of drug-likeness (QED) is 0.704. The van der Waals surface area contributed by atoms with Gasteiger partial charge in [0.25, 0.3) is 0 Å². The first-order valence-electron chi connectivity index (χ1n) is 9.13. The average Bonchev–Trinajstić information content (AvgIpc) is 2.79. The van der Waals surface area contributed by atoms with Gasteiger partial charge in [0, 0.05) is 30.5 Å². The Balaban J connectivity index is 1.69. The number of ether oxygens (including phenoxy) is 2. The van der Waals surface area contributed by atoms with Crippen molar-refractivity contribution in [1.29, 1.82) is 0 Å². The zero-order valence-electron chi connectivity index (χ0n) is 15.8. The number of carbonyl (C=O) groups excluding carboxylic acids is 2. The maximum Gasteiger partial charge on any atom is 0.410 e. The van der Waals surface area contributed by atoms with Gasteiger partial charge in [0.2, 0.25) is 0 Å². The van der Waals surface area contributed by atoms with Crippen molar-refractivity contribution in [3.63, 3.8) is 0 Å². The summed E-state index contributed by atoms with van der Waals surface area (Å²) in [5.74, 6) is 0.453. The van der Waals surface area contributed by atoms with E-state index in [-0.39, 0.29) is 30.1 Å². The fourth-order valence-corrected chi connectivity index (χ4v) is 4.19. The number of piperidine rings is 1. The minimum Gasteiger partial charge on any atom is -0.489 e. The summed E-state index contributed by atoms with van der Waals surface area (Å²) in [6.45, 7) is 7.14. The van der Waals surface area contributed by atoms with Crippen molar-refractivity contribution in [2.24, 2.45) is 0 Å². The topological polar surface area (TPSA) is 55.8 Å². The number of ketones is 1. The molecule has 6 heteroatoms. The van der Waals surface area contributed by atoms with Crippen molar-refractivity contribution in [3.05, 3.63) is 28.8 Å². The number of carbonyl (C=O) groups is 2. The fraction of sp³-hybridized carbons (Fsp3) is 0.600. The number of Topliss-reactive ketones (excluding diaryl/α,β-unsaturated/α-hetero) is 1. The molecular weight excluding hydrogens is 354 g/mol. The third-order valence-electron chi connectivity index (χ3n) is 4.93. The van der Waals surface area contributed by atoms with Crippen LogP contribution in [-0.4, -0.2) is 40.6 Å². The number of benzene rings is 1. The second kappa shape index (κ2) is 7.10. The summed E-state index contributed by atoms with van der Waals surface area (Å²) in [6.07, 6.45) is 3.16. The van der Waals surface area contributed by atoms with Gasteiger partial charge in [-0.2, -0.15) is 0 Å². The summed E-state index contributed by atoms with van der Waals surface area (Å²) in [4.78, 5) is 26.1. The van der Waals surface area contributed by atoms with Crippen LogP contribution in [0.15, 0.2) is 18.2 Å². The molecule has 0 spiro atoms. The Kier molecular flexibility index (Phi) is 5.20. The van der Waals surface area contributed by atoms with E-state index in [4.69, 9.17) is 21.1 Å². The van der Waals surface area contributed by atoms with Crippen LogP contribution in [0.5, 0.6) is 5.75 Å². The molecule has 1 aromatic rings. The van der Waals surface area contributed by atoms with Crippen LogP contribution in [-0.2, 0) is 4.74 Å². The molecule has 2 aliphatic heterocycles. The monoisotopic (exact) mass is 379 g/mol. The molecule has 3 rings (SSSR count). The van der Waals surface area contributed by atoms with Crippen LogP contribution in [0.25, 0.3) is 0 Å². The predicted octanol–water partition coefficient (Wildman–Crippen LogP) is 4.85. The van der Waals surface area contributed by atoms with Crippen LogP contribution in [0.3, 0.4) is 0 Å². The molecule has 2 fully saturated rings. The van der Waals surface area contributed by atoms with Crippen molar-refractivity contribution in [2.45, 2.75) is 77.2 Å². The van der Waals surface area contributed by atoms with E-state index in [9.17, 15) is 9.59 Å². The van der Waals surface area contributed by atoms with Crippen LogP contribution < -0.4 is 4.74 Å². The van der Waals surface area contributed by atoms with Crippen LogP contribution in [0.1, 0.15) is 63.7 Å². The second-order valence-electron chi connectivity index (χ2n) is 8.16. The van der Waals surface area contributed by atoms with E-state index in [1.165, 1.54) is 6.92 Å². The molecule has 0 saturated carbocycles. The highest BCUT2D eigenvalue weighted by atomic mass is 35.5. The fourth-order valence-electron chi connectivity index (χ4n) is 3.89. The number of hydrogen-bond donors (Lipinski definition) is 0. The Labute approximate surface area is 159 Å². The van der Waals surface area contributed by atoms with Crippen molar-refractivity contribution in [1.82, 2.24) is 4.90 Å². The van der Waals surface area contributed by atoms with E-state index < -0.39 is 5.60 Å². The molecule has 0 radical (unpaired) electrons. The molecule has 0 N–H and O–H groups in total. The van der Waals surface area contributed by atoms with E-state index >= 15 is 0 Å². The molecule has 142 valence electrons. The minimum atomic E-state index is -0.496. The second-order valence-corrected chi connectivity index (χ2v) is 8.54. The lowest BCUT2D eigenvalue weighted by Gasteiger charge is -2.39. The highest BCUT2D eigenvalue weighted by Gasteiger charge is 2.45. The average molecular weight is 380 g/mol. The van der Waals surface area contributed by atoms with Gasteiger partial charge in [0.1, 0.15) is 17.5 Å². The van der Waals surface area contributed by atoms with E-state index in [0.29, 0.717) is 16.3 Å². The van der Waals surface area contributed by atoms with Crippen LogP contribution in [0.2, 0.25) is 5.02 Å². The Morgan fingerprint density at radius 2 is 1.77 bits per heavy atom. The summed E-state index contributed by atoms with van der Waals surface area (Å²) in [7, 11) is 0. The Morgan fingerprint density at radius 3 is 2.31 bits per heavy atom. The van der Waals surface area contributed by atoms with Crippen LogP contribution in [0.4, 0.5) is 4.79 Å². The molecule has 26 heavy (non-hydrogen) atoms. The third-order valence-corrected chi connectivity index (χ3v) is 5.32. The number of fused-ring (bicyclic) bond motifs is 2. The van der Waals surface area contributed by atoms with Crippen molar-refractivity contribution >= 4 is 23.5 Å². The molecule has 2 heterocycles. The highest BCUT2D eigenvalue weighted by Crippen LogP contribution is 2.39. The van der Waals surface area contributed by atoms with Gasteiger partial charge in [-0.1, -0.05) is 17.7 Å². The van der Waals surface area contributed by atoms with Crippen molar-refractivity contribution in [2.75, 3.05) is 0 Å². The molecule has 0 aromatic heterocycles. The lowest BCUT2D eigenvalue weighted by Crippen LogP contribution is -2.50. The first-order chi connectivity index (χ1) is 12.2. The van der Waals surface area contributed by atoms with Gasteiger partial charge in [-0.3, -0.25) is 4.79 Å². The smallest absolute Gasteiger partial charge is 0.410 e. The lowest BCUT2D eigenvalue weighted by molar-refractivity contribution is -0.00709. The summed E-state index contributed by atoms with van der Waals surface area (Å²) >= 11 is 6.33. The summed E-state index contributed by atoms with van der Waals surface area (Å²) in [5, 5.41) is 0.363. The summed E-state index contributed by atoms with van der Waals surface area (Å²) in [5.41, 5.74) is -0.0248. The first kappa shape index (κ1) is 19.0. The standard InChI is InChI=1S/C20H26ClNO4/c1-12(23)16-6-5-7-17(18(16)21)25-15-10-13-8-9-14(11-15)22(13)19(24)26-20(2,3)4/h5-7,13-15H,8-11H2,1-4H3/t13-,14+,15+. The number of rotatable bonds is 3. The Morgan fingerprint density at radius 1 is 1.15 bits per heavy atom. The molecule has 3 atom stereocenters. The molecule has 2 aliphatic rings. The van der Waals surface area contributed by atoms with Gasteiger partial charge in [-0.25, -0.2) is 4.79 Å². The summed E-state index contributed by atoms with van der Waals surface area (Å²) in [6, 6.07) is 5.53. The van der Waals surface area contributed by atoms with Crippen LogP contribution >= 0.6 is 11.6 Å². The SMILES string of the molecule is CC(=O)c1cccc(O[C@H]2C[C@H]3CC[C@@H](C2)N3C(=O)OC(C)(C)C)c1Cl. The third kappa shape index (κ3) is 3.98. The lowest BCUT2D eigenvalue weighted by atomic mass is 10.00. The zero-order valence-corrected chi connectivity index (χ0v) is 16.5. The Bertz CT molecular complexity index is 698. The highest BCUT2D eigenvalue weighted by molar-refractivity contribution is 6.35. The molecule has 1 aromatic carbocycles. The molecular formula is C20H26ClNO4. The number of halogens is 1. The Hall–Kier alpha value is -1.75. The first-order valence-corrected chi connectivity index (χ1v) is 9.51. The largest absolute Gasteiger partial charge is 0.489 e. The molecule has 0 aliphatic carbocycles. The molecule has 5 nitrogen and oxygen atoms in total. The predicted molar refractivity (Wildman–Crippen MR) is 100.0 cm³/mol. The molecule has 1 amide bonds. The van der Waals surface area contributed by atoms with Gasteiger partial charge in [-0.05, 0) is 52.7 Å². The van der Waals surface area contributed by atoms with Crippen molar-refractivity contribution in [3.8, 4) is 5.75 Å². The molecule has 2 bridgehead atoms. The molecule has 2 saturated heterocycles. The maximum atomic E-state index is 12.5. The van der Waals surface area contributed by atoms with Crippen LogP contribution in [0, 0.1) is 0 Å². The van der Waals surface area contributed by atoms with E-state index in [1.807, 2.05) is 25.7 Å². The van der Waals surface area contributed by atoms with Gasteiger partial charge >= 0.3 is 6.09 Å². The van der Waals surface area contributed by atoms with Gasteiger partial charge in [-0.15, -0.1) is 0 Å². The number of nitrogens with zero attached hydrogens (tertiary/aromatic N) is 1. The number of hydrogen-bond acceptors (Lipinski definition) is 4. The number of amides is 1. The van der Waals surface area contributed by atoms with E-state index in [1.54, 1.807) is 18.2 Å². The van der Waals surface area contributed by atoms with Crippen molar-refractivity contribution < 1.29 is 19.1 Å².